The Bertz CT molecular complexity index is 1780. The first-order chi connectivity index (χ1) is 22.4. The molecule has 0 radical (unpaired) electrons. The van der Waals surface area contributed by atoms with Gasteiger partial charge in [-0.05, 0) is 82.8 Å². The van der Waals surface area contributed by atoms with Crippen LogP contribution in [-0.2, 0) is 36.4 Å². The number of ether oxygens (including phenoxy) is 2. The molecular formula is C34H26F9NO4. The highest BCUT2D eigenvalue weighted by atomic mass is 19.4. The number of benzene rings is 4. The highest BCUT2D eigenvalue weighted by molar-refractivity contribution is 5.80. The van der Waals surface area contributed by atoms with E-state index in [-0.39, 0.29) is 29.5 Å². The summed E-state index contributed by atoms with van der Waals surface area (Å²) in [4.78, 5) is 14.0. The number of carbonyl (C=O) groups is 1. The second kappa shape index (κ2) is 12.7. The van der Waals surface area contributed by atoms with E-state index < -0.39 is 65.6 Å². The Morgan fingerprint density at radius 1 is 0.729 bits per heavy atom. The second-order valence-corrected chi connectivity index (χ2v) is 11.2. The molecule has 0 aliphatic carbocycles. The number of amides is 1. The lowest BCUT2D eigenvalue weighted by atomic mass is 9.92. The molecule has 1 heterocycles. The molecule has 0 aromatic heterocycles. The van der Waals surface area contributed by atoms with Crippen LogP contribution >= 0.6 is 0 Å². The van der Waals surface area contributed by atoms with Gasteiger partial charge in [-0.1, -0.05) is 36.4 Å². The average molecular weight is 684 g/mol. The number of alkyl halides is 9. The van der Waals surface area contributed by atoms with Crippen molar-refractivity contribution >= 4 is 6.09 Å². The summed E-state index contributed by atoms with van der Waals surface area (Å²) in [5.41, 5.74) is -2.32. The third-order valence-electron chi connectivity index (χ3n) is 8.06. The van der Waals surface area contributed by atoms with E-state index in [2.05, 4.69) is 0 Å². The molecule has 1 N–H and O–H groups in total. The van der Waals surface area contributed by atoms with Gasteiger partial charge >= 0.3 is 24.6 Å². The number of aliphatic hydroxyl groups is 1. The molecule has 1 aliphatic rings. The highest BCUT2D eigenvalue weighted by Gasteiger charge is 2.44. The summed E-state index contributed by atoms with van der Waals surface area (Å²) in [5.74, 6) is 0.269. The minimum absolute atomic E-state index is 0.0413. The zero-order valence-electron chi connectivity index (χ0n) is 25.1. The molecule has 254 valence electrons. The molecule has 5 rings (SSSR count). The number of methoxy groups -OCH3 is 1. The first kappa shape index (κ1) is 34.6. The Labute approximate surface area is 268 Å². The van der Waals surface area contributed by atoms with Crippen LogP contribution < -0.4 is 4.74 Å². The summed E-state index contributed by atoms with van der Waals surface area (Å²) in [6.45, 7) is 0.589. The Kier molecular flexibility index (Phi) is 9.17. The molecule has 0 spiro atoms. The van der Waals surface area contributed by atoms with Crippen molar-refractivity contribution < 1.29 is 58.9 Å². The number of hydrogen-bond acceptors (Lipinski definition) is 4. The standard InChI is InChI=1S/C34H26F9NO4/c1-18-30(22-11-25(33(38,39)40)15-26(12-22)34(41,42)43)48-31(46)44(18)16-23-13-24(32(35,36)37)8-9-27(23)28-14-21(7-10-29(28)47-2)20-5-3-19(17-45)4-6-20/h3-15,18,30,45H,16-17H2,1-2H3/t18-,30-/m0/s1. The lowest BCUT2D eigenvalue weighted by molar-refractivity contribution is -0.143. The third kappa shape index (κ3) is 7.08. The molecule has 0 unspecified atom stereocenters. The van der Waals surface area contributed by atoms with Crippen molar-refractivity contribution in [2.75, 3.05) is 7.11 Å². The Hall–Kier alpha value is -4.72. The van der Waals surface area contributed by atoms with E-state index in [0.717, 1.165) is 17.0 Å². The quantitative estimate of drug-likeness (QED) is 0.197. The average Bonchev–Trinajstić information content (AvgIpc) is 3.31. The van der Waals surface area contributed by atoms with E-state index in [1.165, 1.54) is 20.1 Å². The fraction of sp³-hybridized carbons (Fsp3) is 0.265. The van der Waals surface area contributed by atoms with E-state index in [0.29, 0.717) is 34.4 Å². The number of cyclic esters (lactones) is 1. The number of rotatable bonds is 7. The van der Waals surface area contributed by atoms with Gasteiger partial charge in [0.1, 0.15) is 11.9 Å². The SMILES string of the molecule is COc1ccc(-c2ccc(CO)cc2)cc1-c1ccc(C(F)(F)F)cc1CN1C(=O)O[C@H](c2cc(C(F)(F)F)cc(C(F)(F)F)c2)[C@@H]1C. The van der Waals surface area contributed by atoms with Crippen LogP contribution in [0.2, 0.25) is 0 Å². The monoisotopic (exact) mass is 683 g/mol. The van der Waals surface area contributed by atoms with Gasteiger partial charge in [0.25, 0.3) is 0 Å². The fourth-order valence-electron chi connectivity index (χ4n) is 5.55. The van der Waals surface area contributed by atoms with Crippen LogP contribution in [0.1, 0.15) is 46.4 Å². The summed E-state index contributed by atoms with van der Waals surface area (Å²) < 4.78 is 134. The molecule has 1 saturated heterocycles. The van der Waals surface area contributed by atoms with Crippen molar-refractivity contribution in [1.82, 2.24) is 4.90 Å². The first-order valence-corrected chi connectivity index (χ1v) is 14.3. The van der Waals surface area contributed by atoms with Crippen molar-refractivity contribution in [2.24, 2.45) is 0 Å². The number of aliphatic hydroxyl groups excluding tert-OH is 1. The van der Waals surface area contributed by atoms with E-state index >= 15 is 0 Å². The maximum Gasteiger partial charge on any atom is 0.416 e. The minimum Gasteiger partial charge on any atom is -0.496 e. The maximum atomic E-state index is 13.9. The molecular weight excluding hydrogens is 657 g/mol. The van der Waals surface area contributed by atoms with Crippen molar-refractivity contribution in [3.8, 4) is 28.0 Å². The summed E-state index contributed by atoms with van der Waals surface area (Å²) >= 11 is 0. The van der Waals surface area contributed by atoms with Gasteiger partial charge < -0.3 is 14.6 Å². The zero-order chi connectivity index (χ0) is 35.2. The van der Waals surface area contributed by atoms with Crippen molar-refractivity contribution in [3.63, 3.8) is 0 Å². The summed E-state index contributed by atoms with van der Waals surface area (Å²) in [5, 5.41) is 9.37. The molecule has 1 fully saturated rings. The Balaban J connectivity index is 1.58. The topological polar surface area (TPSA) is 59.0 Å². The fourth-order valence-corrected chi connectivity index (χ4v) is 5.55. The third-order valence-corrected chi connectivity index (χ3v) is 8.06. The largest absolute Gasteiger partial charge is 0.496 e. The summed E-state index contributed by atoms with van der Waals surface area (Å²) in [7, 11) is 1.35. The molecule has 5 nitrogen and oxygen atoms in total. The van der Waals surface area contributed by atoms with Gasteiger partial charge in [0.15, 0.2) is 0 Å². The number of carbonyl (C=O) groups excluding carboxylic acids is 1. The number of halogens is 9. The molecule has 4 aromatic carbocycles. The number of nitrogens with zero attached hydrogens (tertiary/aromatic N) is 1. The van der Waals surface area contributed by atoms with Crippen LogP contribution in [0.3, 0.4) is 0 Å². The Morgan fingerprint density at radius 2 is 1.31 bits per heavy atom. The molecule has 0 bridgehead atoms. The van der Waals surface area contributed by atoms with Crippen LogP contribution in [0.4, 0.5) is 44.3 Å². The van der Waals surface area contributed by atoms with Gasteiger partial charge in [0, 0.05) is 5.56 Å². The predicted molar refractivity (Wildman–Crippen MR) is 155 cm³/mol. The molecule has 2 atom stereocenters. The summed E-state index contributed by atoms with van der Waals surface area (Å²) in [6, 6.07) is 14.4. The van der Waals surface area contributed by atoms with Crippen LogP contribution in [0.5, 0.6) is 5.75 Å². The van der Waals surface area contributed by atoms with Crippen molar-refractivity contribution in [2.45, 2.75) is 50.8 Å². The zero-order valence-corrected chi connectivity index (χ0v) is 25.1. The van der Waals surface area contributed by atoms with E-state index in [1.54, 1.807) is 42.5 Å². The second-order valence-electron chi connectivity index (χ2n) is 11.2. The van der Waals surface area contributed by atoms with E-state index in [1.807, 2.05) is 0 Å². The lowest BCUT2D eigenvalue weighted by Gasteiger charge is -2.24. The van der Waals surface area contributed by atoms with Gasteiger partial charge in [0.2, 0.25) is 0 Å². The van der Waals surface area contributed by atoms with Crippen LogP contribution in [0.25, 0.3) is 22.3 Å². The molecule has 1 aliphatic heterocycles. The molecule has 48 heavy (non-hydrogen) atoms. The van der Waals surface area contributed by atoms with Crippen LogP contribution in [0, 0.1) is 0 Å². The molecule has 0 saturated carbocycles. The van der Waals surface area contributed by atoms with Crippen molar-refractivity contribution in [1.29, 1.82) is 0 Å². The number of hydrogen-bond donors (Lipinski definition) is 1. The summed E-state index contributed by atoms with van der Waals surface area (Å²) in [6.07, 6.45) is -17.8. The van der Waals surface area contributed by atoms with Gasteiger partial charge in [-0.2, -0.15) is 39.5 Å². The van der Waals surface area contributed by atoms with Crippen LogP contribution in [0.15, 0.2) is 78.9 Å². The molecule has 14 heteroatoms. The maximum absolute atomic E-state index is 13.9. The van der Waals surface area contributed by atoms with E-state index in [9.17, 15) is 49.4 Å². The van der Waals surface area contributed by atoms with Gasteiger partial charge in [0.05, 0.1) is 43.0 Å². The normalized spacial score (nSPS) is 17.1. The minimum atomic E-state index is -5.15. The molecule has 4 aromatic rings. The van der Waals surface area contributed by atoms with Gasteiger partial charge in [-0.3, -0.25) is 4.90 Å². The smallest absolute Gasteiger partial charge is 0.416 e. The van der Waals surface area contributed by atoms with Crippen molar-refractivity contribution in [3.05, 3.63) is 112 Å². The predicted octanol–water partition coefficient (Wildman–Crippen LogP) is 9.66. The molecule has 1 amide bonds. The van der Waals surface area contributed by atoms with E-state index in [4.69, 9.17) is 9.47 Å². The Morgan fingerprint density at radius 3 is 1.85 bits per heavy atom. The first-order valence-electron chi connectivity index (χ1n) is 14.3. The van der Waals surface area contributed by atoms with Gasteiger partial charge in [-0.15, -0.1) is 0 Å². The van der Waals surface area contributed by atoms with Crippen LogP contribution in [-0.4, -0.2) is 29.3 Å². The highest BCUT2D eigenvalue weighted by Crippen LogP contribution is 2.43. The lowest BCUT2D eigenvalue weighted by Crippen LogP contribution is -2.32. The van der Waals surface area contributed by atoms with Gasteiger partial charge in [-0.25, -0.2) is 4.79 Å².